The number of rotatable bonds is 7. The maximum atomic E-state index is 11.1. The van der Waals surface area contributed by atoms with Crippen LogP contribution in [0, 0.1) is 0 Å². The van der Waals surface area contributed by atoms with Crippen LogP contribution < -0.4 is 5.32 Å². The third-order valence-corrected chi connectivity index (χ3v) is 3.69. The molecule has 0 radical (unpaired) electrons. The first-order chi connectivity index (χ1) is 6.31. The second kappa shape index (κ2) is 13.7. The third kappa shape index (κ3) is 12.7. The fourth-order valence-corrected chi connectivity index (χ4v) is 2.55. The van der Waals surface area contributed by atoms with Crippen molar-refractivity contribution in [2.45, 2.75) is 39.5 Å². The Hall–Kier alpha value is 0.664. The minimum Gasteiger partial charge on any atom is -0.346 e. The number of amides is 1. The summed E-state index contributed by atoms with van der Waals surface area (Å²) in [5.41, 5.74) is 0. The first-order valence-corrected chi connectivity index (χ1v) is 7.20. The van der Waals surface area contributed by atoms with Crippen LogP contribution in [0.1, 0.15) is 39.5 Å². The van der Waals surface area contributed by atoms with Gasteiger partial charge in [0.15, 0.2) is 0 Å². The topological polar surface area (TPSA) is 29.1 Å². The fourth-order valence-electron chi connectivity index (χ4n) is 0.695. The number of nitrogens with one attached hydrogen (secondary N) is 1. The van der Waals surface area contributed by atoms with Crippen LogP contribution in [0.25, 0.3) is 0 Å². The summed E-state index contributed by atoms with van der Waals surface area (Å²) in [6.45, 7) is 5.10. The summed E-state index contributed by atoms with van der Waals surface area (Å²) < 4.78 is 0. The summed E-state index contributed by atoms with van der Waals surface area (Å²) in [6.07, 6.45) is 4.60. The van der Waals surface area contributed by atoms with Crippen LogP contribution in [-0.4, -0.2) is 17.5 Å². The standard InChI is InChI=1S/C9H19NOS2.Ni/c1-3-5-7-10-9(11)13-12-8-6-4-2;/h3-8H2,1-2H3,(H,10,11);. The number of hydrogen-bond donors (Lipinski definition) is 1. The van der Waals surface area contributed by atoms with Gasteiger partial charge in [-0.1, -0.05) is 37.5 Å². The number of carbonyl (C=O) groups is 1. The summed E-state index contributed by atoms with van der Waals surface area (Å²) in [6, 6.07) is 0. The summed E-state index contributed by atoms with van der Waals surface area (Å²) in [4.78, 5) is 11.1. The van der Waals surface area contributed by atoms with Gasteiger partial charge >= 0.3 is 0 Å². The van der Waals surface area contributed by atoms with Crippen molar-refractivity contribution in [2.75, 3.05) is 12.3 Å². The second-order valence-electron chi connectivity index (χ2n) is 2.83. The van der Waals surface area contributed by atoms with E-state index in [1.807, 2.05) is 0 Å². The largest absolute Gasteiger partial charge is 0.346 e. The Balaban J connectivity index is 0. The number of carbonyl (C=O) groups excluding carboxylic acids is 1. The van der Waals surface area contributed by atoms with Gasteiger partial charge in [-0.2, -0.15) is 0 Å². The molecule has 1 N–H and O–H groups in total. The Kier molecular flexibility index (Phi) is 16.7. The molecule has 0 aromatic rings. The molecule has 88 valence electrons. The van der Waals surface area contributed by atoms with E-state index in [1.165, 1.54) is 23.6 Å². The molecule has 2 nitrogen and oxygen atoms in total. The van der Waals surface area contributed by atoms with Gasteiger partial charge in [-0.05, 0) is 12.8 Å². The van der Waals surface area contributed by atoms with Gasteiger partial charge in [0.05, 0.1) is 0 Å². The minimum atomic E-state index is 0. The van der Waals surface area contributed by atoms with Crippen LogP contribution in [0.15, 0.2) is 0 Å². The average Bonchev–Trinajstić information content (AvgIpc) is 2.13. The first kappa shape index (κ1) is 17.1. The molecule has 0 aromatic heterocycles. The zero-order chi connectivity index (χ0) is 9.94. The Morgan fingerprint density at radius 2 is 1.86 bits per heavy atom. The molecular formula is C9H19NNiOS2. The molecule has 5 heteroatoms. The van der Waals surface area contributed by atoms with E-state index in [0.29, 0.717) is 0 Å². The molecule has 0 saturated carbocycles. The van der Waals surface area contributed by atoms with Gasteiger partial charge < -0.3 is 5.32 Å². The maximum absolute atomic E-state index is 11.1. The average molecular weight is 280 g/mol. The smallest absolute Gasteiger partial charge is 0.289 e. The van der Waals surface area contributed by atoms with Crippen molar-refractivity contribution in [1.29, 1.82) is 0 Å². The van der Waals surface area contributed by atoms with E-state index in [2.05, 4.69) is 19.2 Å². The molecule has 0 unspecified atom stereocenters. The van der Waals surface area contributed by atoms with Gasteiger partial charge in [0.25, 0.3) is 5.24 Å². The first-order valence-electron chi connectivity index (χ1n) is 4.88. The van der Waals surface area contributed by atoms with E-state index in [-0.39, 0.29) is 21.7 Å². The SMILES string of the molecule is CCCCNC(=O)SSCCCC.[Ni]. The number of hydrogen-bond acceptors (Lipinski definition) is 3. The van der Waals surface area contributed by atoms with Gasteiger partial charge in [-0.15, -0.1) is 0 Å². The van der Waals surface area contributed by atoms with Gasteiger partial charge in [0.2, 0.25) is 0 Å². The molecular weight excluding hydrogens is 261 g/mol. The van der Waals surface area contributed by atoms with Gasteiger partial charge in [-0.25, -0.2) is 0 Å². The molecule has 0 saturated heterocycles. The molecule has 0 atom stereocenters. The zero-order valence-electron chi connectivity index (χ0n) is 8.78. The molecule has 0 aliphatic carbocycles. The molecule has 0 fully saturated rings. The Labute approximate surface area is 105 Å². The summed E-state index contributed by atoms with van der Waals surface area (Å²) in [7, 11) is 2.98. The molecule has 14 heavy (non-hydrogen) atoms. The van der Waals surface area contributed by atoms with Crippen molar-refractivity contribution in [3.05, 3.63) is 0 Å². The van der Waals surface area contributed by atoms with E-state index in [4.69, 9.17) is 0 Å². The Morgan fingerprint density at radius 1 is 1.21 bits per heavy atom. The van der Waals surface area contributed by atoms with Crippen LogP contribution in [0.3, 0.4) is 0 Å². The van der Waals surface area contributed by atoms with Gasteiger partial charge in [0, 0.05) is 39.6 Å². The summed E-state index contributed by atoms with van der Waals surface area (Å²) in [5, 5.41) is 2.97. The molecule has 0 aliphatic heterocycles. The van der Waals surface area contributed by atoms with Crippen LogP contribution in [0.2, 0.25) is 0 Å². The van der Waals surface area contributed by atoms with Crippen molar-refractivity contribution in [3.63, 3.8) is 0 Å². The zero-order valence-corrected chi connectivity index (χ0v) is 11.4. The van der Waals surface area contributed by atoms with E-state index >= 15 is 0 Å². The Bertz CT molecular complexity index is 136. The molecule has 0 aliphatic rings. The third-order valence-electron chi connectivity index (χ3n) is 1.52. The van der Waals surface area contributed by atoms with Crippen molar-refractivity contribution >= 4 is 26.8 Å². The fraction of sp³-hybridized carbons (Fsp3) is 0.889. The van der Waals surface area contributed by atoms with Crippen molar-refractivity contribution < 1.29 is 21.3 Å². The van der Waals surface area contributed by atoms with Gasteiger partial charge in [0.1, 0.15) is 0 Å². The van der Waals surface area contributed by atoms with Crippen LogP contribution in [0.4, 0.5) is 4.79 Å². The van der Waals surface area contributed by atoms with Crippen molar-refractivity contribution in [2.24, 2.45) is 0 Å². The molecule has 1 amide bonds. The van der Waals surface area contributed by atoms with Crippen LogP contribution >= 0.6 is 21.6 Å². The maximum Gasteiger partial charge on any atom is 0.289 e. The predicted octanol–water partition coefficient (Wildman–Crippen LogP) is 3.68. The normalized spacial score (nSPS) is 9.29. The van der Waals surface area contributed by atoms with Gasteiger partial charge in [-0.3, -0.25) is 4.79 Å². The monoisotopic (exact) mass is 279 g/mol. The number of unbranched alkanes of at least 4 members (excludes halogenated alkanes) is 2. The summed E-state index contributed by atoms with van der Waals surface area (Å²) >= 11 is 0. The Morgan fingerprint density at radius 3 is 2.43 bits per heavy atom. The molecule has 0 aromatic carbocycles. The van der Waals surface area contributed by atoms with Crippen molar-refractivity contribution in [3.8, 4) is 0 Å². The van der Waals surface area contributed by atoms with Crippen LogP contribution in [0.5, 0.6) is 0 Å². The van der Waals surface area contributed by atoms with E-state index in [1.54, 1.807) is 10.8 Å². The van der Waals surface area contributed by atoms with E-state index in [0.717, 1.165) is 25.1 Å². The predicted molar refractivity (Wildman–Crippen MR) is 63.3 cm³/mol. The molecule has 0 bridgehead atoms. The molecule has 0 heterocycles. The quantitative estimate of drug-likeness (QED) is 0.438. The van der Waals surface area contributed by atoms with Crippen LogP contribution in [-0.2, 0) is 16.5 Å². The second-order valence-corrected chi connectivity index (χ2v) is 5.22. The van der Waals surface area contributed by atoms with Crippen molar-refractivity contribution in [1.82, 2.24) is 5.32 Å². The minimum absolute atomic E-state index is 0. The molecule has 0 rings (SSSR count). The summed E-state index contributed by atoms with van der Waals surface area (Å²) in [5.74, 6) is 1.07. The van der Waals surface area contributed by atoms with E-state index in [9.17, 15) is 4.79 Å². The van der Waals surface area contributed by atoms with E-state index < -0.39 is 0 Å². The molecule has 0 spiro atoms.